The molecule has 0 radical (unpaired) electrons. The number of hydrogen-bond donors (Lipinski definition) is 1. The second-order valence-corrected chi connectivity index (χ2v) is 8.26. The minimum Gasteiger partial charge on any atom is -0.399 e. The number of aromatic amines is 1. The van der Waals surface area contributed by atoms with Crippen molar-refractivity contribution in [2.75, 3.05) is 0 Å². The monoisotopic (exact) mass is 343 g/mol. The van der Waals surface area contributed by atoms with E-state index in [0.717, 1.165) is 11.0 Å². The zero-order valence-electron chi connectivity index (χ0n) is 15.6. The van der Waals surface area contributed by atoms with Gasteiger partial charge in [-0.05, 0) is 62.1 Å². The summed E-state index contributed by atoms with van der Waals surface area (Å²) in [5.41, 5.74) is 2.74. The summed E-state index contributed by atoms with van der Waals surface area (Å²) in [6.07, 6.45) is 0. The Morgan fingerprint density at radius 2 is 1.46 bits per heavy atom. The van der Waals surface area contributed by atoms with E-state index < -0.39 is 0 Å². The van der Waals surface area contributed by atoms with Crippen molar-refractivity contribution >= 4 is 45.2 Å². The Bertz CT molecular complexity index is 1140. The number of rotatable bonds is 1. The van der Waals surface area contributed by atoms with E-state index in [4.69, 9.17) is 9.31 Å². The fraction of sp³-hybridized carbons (Fsp3) is 0.273. The van der Waals surface area contributed by atoms with Gasteiger partial charge >= 0.3 is 7.12 Å². The number of aromatic nitrogens is 1. The highest BCUT2D eigenvalue weighted by molar-refractivity contribution is 6.62. The van der Waals surface area contributed by atoms with Crippen LogP contribution in [0.3, 0.4) is 0 Å². The van der Waals surface area contributed by atoms with Crippen LogP contribution in [-0.4, -0.2) is 23.3 Å². The summed E-state index contributed by atoms with van der Waals surface area (Å²) in [6, 6.07) is 19.4. The summed E-state index contributed by atoms with van der Waals surface area (Å²) < 4.78 is 12.4. The molecule has 0 bridgehead atoms. The summed E-state index contributed by atoms with van der Waals surface area (Å²) >= 11 is 0. The van der Waals surface area contributed by atoms with E-state index >= 15 is 0 Å². The van der Waals surface area contributed by atoms with Gasteiger partial charge in [0.25, 0.3) is 0 Å². The first-order valence-corrected chi connectivity index (χ1v) is 9.14. The van der Waals surface area contributed by atoms with Crippen molar-refractivity contribution in [3.63, 3.8) is 0 Å². The maximum absolute atomic E-state index is 6.20. The van der Waals surface area contributed by atoms with Crippen LogP contribution in [0.4, 0.5) is 0 Å². The molecule has 26 heavy (non-hydrogen) atoms. The minimum absolute atomic E-state index is 0.326. The fourth-order valence-electron chi connectivity index (χ4n) is 3.74. The van der Waals surface area contributed by atoms with E-state index in [1.165, 1.54) is 27.1 Å². The molecule has 0 spiro atoms. The number of H-pyrrole nitrogens is 1. The Hall–Kier alpha value is -2.30. The number of para-hydroxylation sites is 1. The number of nitrogens with one attached hydrogen (secondary N) is 1. The molecule has 2 heterocycles. The standard InChI is InChI=1S/C22H22BNO2/c1-21(2)22(3,4)26-23(25-21)16-10-9-14-12-18-17-7-5-6-8-19(17)24-20(18)13-15(14)11-16/h5-13,24H,1-4H3. The third-order valence-electron chi connectivity index (χ3n) is 6.01. The van der Waals surface area contributed by atoms with Crippen LogP contribution in [0.1, 0.15) is 27.7 Å². The van der Waals surface area contributed by atoms with Crippen molar-refractivity contribution < 1.29 is 9.31 Å². The second-order valence-electron chi connectivity index (χ2n) is 8.26. The molecular weight excluding hydrogens is 321 g/mol. The van der Waals surface area contributed by atoms with Gasteiger partial charge in [-0.25, -0.2) is 0 Å². The summed E-state index contributed by atoms with van der Waals surface area (Å²) in [5.74, 6) is 0. The molecule has 1 N–H and O–H groups in total. The lowest BCUT2D eigenvalue weighted by Gasteiger charge is -2.32. The largest absolute Gasteiger partial charge is 0.494 e. The Kier molecular flexibility index (Phi) is 3.14. The minimum atomic E-state index is -0.331. The molecule has 1 aromatic heterocycles. The predicted molar refractivity (Wildman–Crippen MR) is 109 cm³/mol. The number of benzene rings is 3. The second kappa shape index (κ2) is 5.12. The number of hydrogen-bond acceptors (Lipinski definition) is 2. The Labute approximate surface area is 153 Å². The van der Waals surface area contributed by atoms with E-state index in [1.807, 2.05) is 0 Å². The maximum atomic E-state index is 6.20. The van der Waals surface area contributed by atoms with Gasteiger partial charge in [-0.1, -0.05) is 36.4 Å². The van der Waals surface area contributed by atoms with Crippen LogP contribution in [0, 0.1) is 0 Å². The molecule has 1 fully saturated rings. The molecule has 3 nitrogen and oxygen atoms in total. The summed E-state index contributed by atoms with van der Waals surface area (Å²) in [5, 5.41) is 4.94. The van der Waals surface area contributed by atoms with Gasteiger partial charge in [0.2, 0.25) is 0 Å². The van der Waals surface area contributed by atoms with Crippen LogP contribution in [0.25, 0.3) is 32.6 Å². The molecule has 0 unspecified atom stereocenters. The van der Waals surface area contributed by atoms with Crippen LogP contribution in [-0.2, 0) is 9.31 Å². The molecule has 0 aliphatic carbocycles. The first kappa shape index (κ1) is 15.9. The highest BCUT2D eigenvalue weighted by Crippen LogP contribution is 2.37. The predicted octanol–water partition coefficient (Wildman–Crippen LogP) is 4.77. The third kappa shape index (κ3) is 2.22. The quantitative estimate of drug-likeness (QED) is 0.505. The fourth-order valence-corrected chi connectivity index (χ4v) is 3.74. The Balaban J connectivity index is 1.64. The molecule has 0 atom stereocenters. The number of fused-ring (bicyclic) bond motifs is 4. The topological polar surface area (TPSA) is 34.2 Å². The van der Waals surface area contributed by atoms with Crippen molar-refractivity contribution in [1.82, 2.24) is 4.98 Å². The Morgan fingerprint density at radius 3 is 2.23 bits per heavy atom. The van der Waals surface area contributed by atoms with Gasteiger partial charge in [0.1, 0.15) is 0 Å². The molecule has 4 heteroatoms. The summed E-state index contributed by atoms with van der Waals surface area (Å²) in [4.78, 5) is 3.52. The van der Waals surface area contributed by atoms with Crippen molar-refractivity contribution in [2.45, 2.75) is 38.9 Å². The molecule has 0 amide bonds. The lowest BCUT2D eigenvalue weighted by molar-refractivity contribution is 0.00578. The van der Waals surface area contributed by atoms with Crippen LogP contribution >= 0.6 is 0 Å². The van der Waals surface area contributed by atoms with Crippen LogP contribution in [0.15, 0.2) is 54.6 Å². The van der Waals surface area contributed by atoms with Crippen LogP contribution < -0.4 is 5.46 Å². The van der Waals surface area contributed by atoms with E-state index in [9.17, 15) is 0 Å². The van der Waals surface area contributed by atoms with Gasteiger partial charge < -0.3 is 14.3 Å². The van der Waals surface area contributed by atoms with E-state index in [-0.39, 0.29) is 18.3 Å². The van der Waals surface area contributed by atoms with E-state index in [1.54, 1.807) is 0 Å². The third-order valence-corrected chi connectivity index (χ3v) is 6.01. The maximum Gasteiger partial charge on any atom is 0.494 e. The summed E-state index contributed by atoms with van der Waals surface area (Å²) in [6.45, 7) is 8.34. The van der Waals surface area contributed by atoms with Crippen molar-refractivity contribution in [3.8, 4) is 0 Å². The molecule has 5 rings (SSSR count). The van der Waals surface area contributed by atoms with Gasteiger partial charge in [0.05, 0.1) is 11.2 Å². The van der Waals surface area contributed by atoms with Crippen LogP contribution in [0.5, 0.6) is 0 Å². The van der Waals surface area contributed by atoms with Gasteiger partial charge in [-0.15, -0.1) is 0 Å². The molecule has 130 valence electrons. The first-order valence-electron chi connectivity index (χ1n) is 9.14. The van der Waals surface area contributed by atoms with Crippen molar-refractivity contribution in [2.24, 2.45) is 0 Å². The van der Waals surface area contributed by atoms with Crippen molar-refractivity contribution in [3.05, 3.63) is 54.6 Å². The molecule has 1 aliphatic heterocycles. The smallest absolute Gasteiger partial charge is 0.399 e. The van der Waals surface area contributed by atoms with Gasteiger partial charge in [0, 0.05) is 21.8 Å². The van der Waals surface area contributed by atoms with Gasteiger partial charge in [0.15, 0.2) is 0 Å². The molecule has 1 saturated heterocycles. The molecule has 0 saturated carbocycles. The molecule has 1 aliphatic rings. The van der Waals surface area contributed by atoms with Gasteiger partial charge in [-0.3, -0.25) is 0 Å². The average Bonchev–Trinajstić information content (AvgIpc) is 3.05. The summed E-state index contributed by atoms with van der Waals surface area (Å²) in [7, 11) is -0.331. The highest BCUT2D eigenvalue weighted by atomic mass is 16.7. The van der Waals surface area contributed by atoms with Crippen LogP contribution in [0.2, 0.25) is 0 Å². The normalized spacial score (nSPS) is 19.0. The first-order chi connectivity index (χ1) is 12.3. The van der Waals surface area contributed by atoms with Gasteiger partial charge in [-0.2, -0.15) is 0 Å². The molecular formula is C22H22BNO2. The average molecular weight is 343 g/mol. The zero-order valence-corrected chi connectivity index (χ0v) is 15.6. The zero-order chi connectivity index (χ0) is 18.1. The highest BCUT2D eigenvalue weighted by Gasteiger charge is 2.51. The lowest BCUT2D eigenvalue weighted by Crippen LogP contribution is -2.41. The Morgan fingerprint density at radius 1 is 0.731 bits per heavy atom. The lowest BCUT2D eigenvalue weighted by atomic mass is 9.78. The van der Waals surface area contributed by atoms with Crippen molar-refractivity contribution in [1.29, 1.82) is 0 Å². The van der Waals surface area contributed by atoms with E-state index in [2.05, 4.69) is 87.3 Å². The SMILES string of the molecule is CC1(C)OB(c2ccc3cc4c(cc3c2)[nH]c2ccccc24)OC1(C)C. The molecule has 3 aromatic carbocycles. The molecule has 4 aromatic rings. The van der Waals surface area contributed by atoms with E-state index in [0.29, 0.717) is 0 Å².